The molecule has 1 aliphatic rings. The van der Waals surface area contributed by atoms with Crippen molar-refractivity contribution in [3.63, 3.8) is 0 Å². The number of rotatable bonds is 5. The van der Waals surface area contributed by atoms with Crippen LogP contribution in [0.5, 0.6) is 5.75 Å². The molecule has 1 heterocycles. The average molecular weight is 280 g/mol. The van der Waals surface area contributed by atoms with Gasteiger partial charge in [0.05, 0.1) is 5.70 Å². The van der Waals surface area contributed by atoms with E-state index in [4.69, 9.17) is 16.3 Å². The number of amides is 1. The molecule has 0 N–H and O–H groups in total. The van der Waals surface area contributed by atoms with Crippen LogP contribution in [0.25, 0.3) is 5.70 Å². The molecule has 2 rings (SSSR count). The zero-order chi connectivity index (χ0) is 13.8. The highest BCUT2D eigenvalue weighted by atomic mass is 35.5. The first-order chi connectivity index (χ1) is 9.13. The lowest BCUT2D eigenvalue weighted by atomic mass is 10.1. The fourth-order valence-corrected chi connectivity index (χ4v) is 2.32. The summed E-state index contributed by atoms with van der Waals surface area (Å²) in [5.41, 5.74) is 1.47. The monoisotopic (exact) mass is 279 g/mol. The molecular formula is C15H18ClNO2. The molecule has 19 heavy (non-hydrogen) atoms. The lowest BCUT2D eigenvalue weighted by Crippen LogP contribution is -2.36. The van der Waals surface area contributed by atoms with E-state index in [1.807, 2.05) is 0 Å². The quantitative estimate of drug-likeness (QED) is 0.731. The zero-order valence-electron chi connectivity index (χ0n) is 11.1. The summed E-state index contributed by atoms with van der Waals surface area (Å²) in [6.07, 6.45) is 4.06. The average Bonchev–Trinajstić information content (AvgIpc) is 2.39. The van der Waals surface area contributed by atoms with Crippen molar-refractivity contribution in [3.8, 4) is 5.75 Å². The molecule has 102 valence electrons. The maximum absolute atomic E-state index is 11.9. The second-order valence-corrected chi connectivity index (χ2v) is 5.10. The molecule has 0 radical (unpaired) electrons. The van der Waals surface area contributed by atoms with E-state index < -0.39 is 0 Å². The first-order valence-electron chi connectivity index (χ1n) is 6.61. The summed E-state index contributed by atoms with van der Waals surface area (Å²) in [6, 6.07) is 5.19. The van der Waals surface area contributed by atoms with Crippen LogP contribution in [-0.2, 0) is 0 Å². The summed E-state index contributed by atoms with van der Waals surface area (Å²) in [5, 5.41) is 0.615. The molecule has 0 aromatic heterocycles. The van der Waals surface area contributed by atoms with Gasteiger partial charge in [0.15, 0.2) is 0 Å². The molecule has 1 aliphatic heterocycles. The first-order valence-corrected chi connectivity index (χ1v) is 6.99. The lowest BCUT2D eigenvalue weighted by molar-refractivity contribution is 0.167. The number of benzene rings is 1. The molecule has 3 nitrogen and oxygen atoms in total. The molecule has 0 aliphatic carbocycles. The Morgan fingerprint density at radius 3 is 2.84 bits per heavy atom. The number of ether oxygens (including phenoxy) is 1. The molecule has 0 unspecified atom stereocenters. The van der Waals surface area contributed by atoms with Crippen LogP contribution in [0.4, 0.5) is 4.79 Å². The third-order valence-corrected chi connectivity index (χ3v) is 3.47. The van der Waals surface area contributed by atoms with Crippen molar-refractivity contribution in [3.05, 3.63) is 35.4 Å². The first kappa shape index (κ1) is 13.9. The summed E-state index contributed by atoms with van der Waals surface area (Å²) in [4.78, 5) is 13.5. The van der Waals surface area contributed by atoms with E-state index in [2.05, 4.69) is 13.5 Å². The van der Waals surface area contributed by atoms with E-state index in [1.165, 1.54) is 12.8 Å². The van der Waals surface area contributed by atoms with Gasteiger partial charge in [-0.1, -0.05) is 44.4 Å². The molecule has 1 aromatic carbocycles. The SMILES string of the molecule is C=C1c2cc(Cl)ccc2OC(=O)N1CCCCCC. The van der Waals surface area contributed by atoms with Gasteiger partial charge < -0.3 is 4.74 Å². The van der Waals surface area contributed by atoms with Crippen LogP contribution in [0.1, 0.15) is 38.2 Å². The minimum Gasteiger partial charge on any atom is -0.409 e. The van der Waals surface area contributed by atoms with Crippen LogP contribution < -0.4 is 4.74 Å². The maximum atomic E-state index is 11.9. The number of hydrogen-bond acceptors (Lipinski definition) is 2. The fraction of sp³-hybridized carbons (Fsp3) is 0.400. The maximum Gasteiger partial charge on any atom is 0.419 e. The van der Waals surface area contributed by atoms with Gasteiger partial charge in [-0.05, 0) is 24.6 Å². The summed E-state index contributed by atoms with van der Waals surface area (Å²) in [6.45, 7) is 6.80. The van der Waals surface area contributed by atoms with Crippen LogP contribution in [0, 0.1) is 0 Å². The van der Waals surface area contributed by atoms with Crippen LogP contribution in [-0.4, -0.2) is 17.5 Å². The number of halogens is 1. The largest absolute Gasteiger partial charge is 0.419 e. The van der Waals surface area contributed by atoms with Gasteiger partial charge in [-0.2, -0.15) is 0 Å². The fourth-order valence-electron chi connectivity index (χ4n) is 2.14. The molecule has 0 bridgehead atoms. The van der Waals surface area contributed by atoms with Crippen LogP contribution >= 0.6 is 11.6 Å². The van der Waals surface area contributed by atoms with Crippen LogP contribution in [0.15, 0.2) is 24.8 Å². The molecule has 4 heteroatoms. The van der Waals surface area contributed by atoms with E-state index >= 15 is 0 Å². The number of nitrogens with zero attached hydrogens (tertiary/aromatic N) is 1. The van der Waals surface area contributed by atoms with Crippen molar-refractivity contribution in [1.29, 1.82) is 0 Å². The molecule has 1 aromatic rings. The standard InChI is InChI=1S/C15H18ClNO2/c1-3-4-5-6-9-17-11(2)13-10-12(16)7-8-14(13)19-15(17)18/h7-8,10H,2-6,9H2,1H3. The summed E-state index contributed by atoms with van der Waals surface area (Å²) in [7, 11) is 0. The van der Waals surface area contributed by atoms with Crippen LogP contribution in [0.3, 0.4) is 0 Å². The summed E-state index contributed by atoms with van der Waals surface area (Å²) in [5.74, 6) is 0.532. The highest BCUT2D eigenvalue weighted by molar-refractivity contribution is 6.30. The molecule has 0 spiro atoms. The lowest BCUT2D eigenvalue weighted by Gasteiger charge is -2.30. The predicted octanol–water partition coefficient (Wildman–Crippen LogP) is 4.71. The topological polar surface area (TPSA) is 29.5 Å². The van der Waals surface area contributed by atoms with Gasteiger partial charge in [-0.3, -0.25) is 4.90 Å². The number of carbonyl (C=O) groups excluding carboxylic acids is 1. The summed E-state index contributed by atoms with van der Waals surface area (Å²) >= 11 is 5.97. The van der Waals surface area contributed by atoms with Crippen molar-refractivity contribution >= 4 is 23.4 Å². The number of fused-ring (bicyclic) bond motifs is 1. The Bertz CT molecular complexity index is 499. The predicted molar refractivity (Wildman–Crippen MR) is 77.4 cm³/mol. The Balaban J connectivity index is 2.10. The molecule has 1 amide bonds. The van der Waals surface area contributed by atoms with Crippen molar-refractivity contribution < 1.29 is 9.53 Å². The molecule has 0 fully saturated rings. The number of carbonyl (C=O) groups is 1. The van der Waals surface area contributed by atoms with Gasteiger partial charge >= 0.3 is 6.09 Å². The normalized spacial score (nSPS) is 14.3. The minimum atomic E-state index is -0.351. The Morgan fingerprint density at radius 2 is 2.11 bits per heavy atom. The van der Waals surface area contributed by atoms with Crippen molar-refractivity contribution in [2.24, 2.45) is 0 Å². The van der Waals surface area contributed by atoms with Gasteiger partial charge in [0.2, 0.25) is 0 Å². The molecular weight excluding hydrogens is 262 g/mol. The molecule has 0 atom stereocenters. The minimum absolute atomic E-state index is 0.351. The molecule has 0 saturated heterocycles. The number of hydrogen-bond donors (Lipinski definition) is 0. The van der Waals surface area contributed by atoms with E-state index in [0.717, 1.165) is 18.4 Å². The Kier molecular flexibility index (Phi) is 4.48. The van der Waals surface area contributed by atoms with Gasteiger partial charge in [0, 0.05) is 17.1 Å². The Labute approximate surface area is 118 Å². The second-order valence-electron chi connectivity index (χ2n) is 4.67. The van der Waals surface area contributed by atoms with Gasteiger partial charge in [0.25, 0.3) is 0 Å². The Morgan fingerprint density at radius 1 is 1.32 bits per heavy atom. The van der Waals surface area contributed by atoms with E-state index in [0.29, 0.717) is 23.0 Å². The third kappa shape index (κ3) is 3.10. The van der Waals surface area contributed by atoms with Crippen molar-refractivity contribution in [2.75, 3.05) is 6.54 Å². The van der Waals surface area contributed by atoms with Gasteiger partial charge in [-0.15, -0.1) is 0 Å². The number of unbranched alkanes of at least 4 members (excludes halogenated alkanes) is 3. The van der Waals surface area contributed by atoms with Crippen molar-refractivity contribution in [2.45, 2.75) is 32.6 Å². The van der Waals surface area contributed by atoms with Gasteiger partial charge in [-0.25, -0.2) is 4.79 Å². The van der Waals surface area contributed by atoms with E-state index in [1.54, 1.807) is 23.1 Å². The highest BCUT2D eigenvalue weighted by Crippen LogP contribution is 2.35. The zero-order valence-corrected chi connectivity index (χ0v) is 11.9. The molecule has 0 saturated carbocycles. The van der Waals surface area contributed by atoms with E-state index in [9.17, 15) is 4.79 Å². The van der Waals surface area contributed by atoms with Crippen LogP contribution in [0.2, 0.25) is 5.02 Å². The Hall–Kier alpha value is -1.48. The third-order valence-electron chi connectivity index (χ3n) is 3.23. The second kappa shape index (κ2) is 6.11. The van der Waals surface area contributed by atoms with Gasteiger partial charge in [0.1, 0.15) is 5.75 Å². The highest BCUT2D eigenvalue weighted by Gasteiger charge is 2.28. The van der Waals surface area contributed by atoms with Crippen molar-refractivity contribution in [1.82, 2.24) is 4.90 Å². The summed E-state index contributed by atoms with van der Waals surface area (Å²) < 4.78 is 5.29. The van der Waals surface area contributed by atoms with E-state index in [-0.39, 0.29) is 6.09 Å². The smallest absolute Gasteiger partial charge is 0.409 e.